The number of benzene rings is 3. The number of imide groups is 1. The van der Waals surface area contributed by atoms with Gasteiger partial charge in [-0.05, 0) is 23.1 Å². The molecule has 7 heteroatoms. The van der Waals surface area contributed by atoms with Gasteiger partial charge in [0, 0.05) is 16.5 Å². The highest BCUT2D eigenvalue weighted by Crippen LogP contribution is 2.29. The second kappa shape index (κ2) is 10.7. The maximum absolute atomic E-state index is 13.1. The number of nitrogens with one attached hydrogen (secondary N) is 2. The van der Waals surface area contributed by atoms with E-state index in [0.29, 0.717) is 37.4 Å². The number of hydrogen-bond acceptors (Lipinski definition) is 4. The standard InChI is InChI=1S/C28H31N3O4/c32-23(20-35-19-21-6-2-1-3-7-21)18-30-14-12-29(13-15-30)16-17-31-27(33)24-10-4-8-22-9-5-11-25(26(22)24)28(31)34/h1-11,23,32H,12-20H2/p+2/t23-/m1/s1. The zero-order valence-corrected chi connectivity index (χ0v) is 19.9. The number of amides is 2. The number of carbonyl (C=O) groups excluding carboxylic acids is 2. The van der Waals surface area contributed by atoms with Gasteiger partial charge in [-0.3, -0.25) is 14.5 Å². The molecule has 2 aliphatic heterocycles. The molecule has 7 nitrogen and oxygen atoms in total. The van der Waals surface area contributed by atoms with Crippen LogP contribution in [0.4, 0.5) is 0 Å². The molecule has 2 amide bonds. The van der Waals surface area contributed by atoms with Gasteiger partial charge in [0.05, 0.1) is 26.3 Å². The van der Waals surface area contributed by atoms with Gasteiger partial charge in [-0.25, -0.2) is 0 Å². The molecule has 3 aromatic carbocycles. The van der Waals surface area contributed by atoms with Crippen molar-refractivity contribution in [1.82, 2.24) is 4.90 Å². The van der Waals surface area contributed by atoms with Gasteiger partial charge in [0.25, 0.3) is 11.8 Å². The Morgan fingerprint density at radius 2 is 1.46 bits per heavy atom. The molecule has 5 rings (SSSR count). The van der Waals surface area contributed by atoms with E-state index < -0.39 is 6.10 Å². The van der Waals surface area contributed by atoms with Crippen LogP contribution >= 0.6 is 0 Å². The average Bonchev–Trinajstić information content (AvgIpc) is 2.88. The summed E-state index contributed by atoms with van der Waals surface area (Å²) in [6.45, 7) is 6.50. The Labute approximate surface area is 205 Å². The molecule has 1 atom stereocenters. The summed E-state index contributed by atoms with van der Waals surface area (Å²) in [5.74, 6) is -0.386. The Morgan fingerprint density at radius 1 is 0.829 bits per heavy atom. The van der Waals surface area contributed by atoms with Crippen molar-refractivity contribution in [2.24, 2.45) is 0 Å². The highest BCUT2D eigenvalue weighted by atomic mass is 16.5. The molecule has 0 aliphatic carbocycles. The predicted octanol–water partition coefficient (Wildman–Crippen LogP) is -0.203. The summed E-state index contributed by atoms with van der Waals surface area (Å²) in [5.41, 5.74) is 2.34. The summed E-state index contributed by atoms with van der Waals surface area (Å²) < 4.78 is 5.68. The molecule has 0 unspecified atom stereocenters. The molecule has 182 valence electrons. The summed E-state index contributed by atoms with van der Waals surface area (Å²) in [4.78, 5) is 30.4. The maximum Gasteiger partial charge on any atom is 0.261 e. The van der Waals surface area contributed by atoms with Crippen molar-refractivity contribution in [3.63, 3.8) is 0 Å². The number of carbonyl (C=O) groups is 2. The first-order valence-electron chi connectivity index (χ1n) is 12.4. The molecule has 0 spiro atoms. The number of piperazine rings is 1. The highest BCUT2D eigenvalue weighted by Gasteiger charge is 2.34. The Morgan fingerprint density at radius 3 is 2.11 bits per heavy atom. The van der Waals surface area contributed by atoms with Crippen LogP contribution in [0.15, 0.2) is 66.7 Å². The predicted molar refractivity (Wildman–Crippen MR) is 133 cm³/mol. The van der Waals surface area contributed by atoms with Gasteiger partial charge in [0.15, 0.2) is 0 Å². The number of quaternary nitrogens is 2. The minimum absolute atomic E-state index is 0.193. The zero-order valence-electron chi connectivity index (χ0n) is 19.9. The third-order valence-corrected chi connectivity index (χ3v) is 7.16. The molecule has 1 fully saturated rings. The fourth-order valence-corrected chi connectivity index (χ4v) is 5.24. The van der Waals surface area contributed by atoms with Crippen LogP contribution in [0.2, 0.25) is 0 Å². The van der Waals surface area contributed by atoms with Gasteiger partial charge in [0.1, 0.15) is 38.8 Å². The van der Waals surface area contributed by atoms with Crippen molar-refractivity contribution < 1.29 is 29.2 Å². The van der Waals surface area contributed by atoms with Crippen LogP contribution in [0.5, 0.6) is 0 Å². The van der Waals surface area contributed by atoms with Crippen molar-refractivity contribution >= 4 is 22.6 Å². The second-order valence-corrected chi connectivity index (χ2v) is 9.58. The molecular weight excluding hydrogens is 442 g/mol. The Hall–Kier alpha value is -3.10. The summed E-state index contributed by atoms with van der Waals surface area (Å²) in [6, 6.07) is 21.2. The third kappa shape index (κ3) is 5.28. The van der Waals surface area contributed by atoms with E-state index in [1.807, 2.05) is 66.7 Å². The SMILES string of the molecule is O=C1c2cccc3cccc(c23)C(=O)N1CC[NH+]1CC[NH+](C[C@@H](O)COCc2ccccc2)CC1. The van der Waals surface area contributed by atoms with E-state index in [1.54, 1.807) is 0 Å². The van der Waals surface area contributed by atoms with Gasteiger partial charge in [-0.2, -0.15) is 0 Å². The monoisotopic (exact) mass is 475 g/mol. The van der Waals surface area contributed by atoms with Crippen LogP contribution in [0.25, 0.3) is 10.8 Å². The molecule has 3 aromatic rings. The zero-order chi connectivity index (χ0) is 24.2. The van der Waals surface area contributed by atoms with E-state index in [9.17, 15) is 14.7 Å². The smallest absolute Gasteiger partial charge is 0.261 e. The molecule has 35 heavy (non-hydrogen) atoms. The molecule has 2 heterocycles. The number of rotatable bonds is 9. The Balaban J connectivity index is 1.07. The van der Waals surface area contributed by atoms with Gasteiger partial charge in [0.2, 0.25) is 0 Å². The lowest BCUT2D eigenvalue weighted by atomic mass is 9.94. The number of hydrogen-bond donors (Lipinski definition) is 3. The maximum atomic E-state index is 13.1. The second-order valence-electron chi connectivity index (χ2n) is 9.58. The summed E-state index contributed by atoms with van der Waals surface area (Å²) in [7, 11) is 0. The van der Waals surface area contributed by atoms with E-state index in [2.05, 4.69) is 0 Å². The largest absolute Gasteiger partial charge is 0.385 e. The molecule has 0 aromatic heterocycles. The third-order valence-electron chi connectivity index (χ3n) is 7.16. The number of ether oxygens (including phenoxy) is 1. The van der Waals surface area contributed by atoms with E-state index in [-0.39, 0.29) is 11.8 Å². The van der Waals surface area contributed by atoms with Crippen LogP contribution < -0.4 is 9.80 Å². The van der Waals surface area contributed by atoms with Crippen molar-refractivity contribution in [2.75, 3.05) is 52.4 Å². The van der Waals surface area contributed by atoms with E-state index >= 15 is 0 Å². The number of nitrogens with zero attached hydrogens (tertiary/aromatic N) is 1. The van der Waals surface area contributed by atoms with Gasteiger partial charge in [-0.1, -0.05) is 54.6 Å². The van der Waals surface area contributed by atoms with Crippen LogP contribution in [-0.4, -0.2) is 80.3 Å². The normalized spacial score (nSPS) is 20.9. The number of aliphatic hydroxyl groups is 1. The fourth-order valence-electron chi connectivity index (χ4n) is 5.24. The molecule has 1 saturated heterocycles. The van der Waals surface area contributed by atoms with Gasteiger partial charge < -0.3 is 19.6 Å². The first-order valence-corrected chi connectivity index (χ1v) is 12.4. The fraction of sp³-hybridized carbons (Fsp3) is 0.357. The quantitative estimate of drug-likeness (QED) is 0.375. The topological polar surface area (TPSA) is 75.7 Å². The first-order chi connectivity index (χ1) is 17.1. The van der Waals surface area contributed by atoms with Crippen molar-refractivity contribution in [3.8, 4) is 0 Å². The van der Waals surface area contributed by atoms with Gasteiger partial charge in [-0.15, -0.1) is 0 Å². The molecule has 0 saturated carbocycles. The Kier molecular flexibility index (Phi) is 7.20. The van der Waals surface area contributed by atoms with Crippen molar-refractivity contribution in [3.05, 3.63) is 83.4 Å². The van der Waals surface area contributed by atoms with E-state index in [0.717, 1.165) is 49.1 Å². The lowest BCUT2D eigenvalue weighted by molar-refractivity contribution is -1.01. The molecule has 2 aliphatic rings. The molecule has 0 radical (unpaired) electrons. The van der Waals surface area contributed by atoms with Crippen LogP contribution in [0, 0.1) is 0 Å². The summed E-state index contributed by atoms with van der Waals surface area (Å²) >= 11 is 0. The van der Waals surface area contributed by atoms with Gasteiger partial charge >= 0.3 is 0 Å². The Bertz CT molecular complexity index is 1140. The van der Waals surface area contributed by atoms with Crippen molar-refractivity contribution in [2.45, 2.75) is 12.7 Å². The highest BCUT2D eigenvalue weighted by molar-refractivity contribution is 6.25. The minimum atomic E-state index is -0.485. The summed E-state index contributed by atoms with van der Waals surface area (Å²) in [6.07, 6.45) is -0.485. The summed E-state index contributed by atoms with van der Waals surface area (Å²) in [5, 5.41) is 12.1. The van der Waals surface area contributed by atoms with Crippen LogP contribution in [-0.2, 0) is 11.3 Å². The van der Waals surface area contributed by atoms with E-state index in [1.165, 1.54) is 14.7 Å². The number of aliphatic hydroxyl groups excluding tert-OH is 1. The van der Waals surface area contributed by atoms with Crippen molar-refractivity contribution in [1.29, 1.82) is 0 Å². The molecule has 3 N–H and O–H groups in total. The lowest BCUT2D eigenvalue weighted by Gasteiger charge is -2.32. The lowest BCUT2D eigenvalue weighted by Crippen LogP contribution is -3.28. The molecular formula is C28H33N3O4+2. The minimum Gasteiger partial charge on any atom is -0.385 e. The van der Waals surface area contributed by atoms with E-state index in [4.69, 9.17) is 4.74 Å². The van der Waals surface area contributed by atoms with Crippen LogP contribution in [0.3, 0.4) is 0 Å². The average molecular weight is 476 g/mol. The van der Waals surface area contributed by atoms with Crippen LogP contribution in [0.1, 0.15) is 26.3 Å². The first kappa shape index (κ1) is 23.6. The molecule has 0 bridgehead atoms.